The van der Waals surface area contributed by atoms with Crippen LogP contribution in [0.15, 0.2) is 79.0 Å². The van der Waals surface area contributed by atoms with Crippen molar-refractivity contribution in [3.05, 3.63) is 84.5 Å². The summed E-state index contributed by atoms with van der Waals surface area (Å²) in [5.41, 5.74) is -0.0676. The number of benzene rings is 1. The molecule has 0 radical (unpaired) electrons. The molecule has 1 aromatic carbocycles. The van der Waals surface area contributed by atoms with Gasteiger partial charge in [0.2, 0.25) is 11.8 Å². The van der Waals surface area contributed by atoms with E-state index >= 15 is 0 Å². The number of carboxylic acid groups (broad SMARTS) is 1. The van der Waals surface area contributed by atoms with Gasteiger partial charge in [-0.3, -0.25) is 9.59 Å². The highest BCUT2D eigenvalue weighted by atomic mass is 16.4. The number of aromatic carboxylic acids is 1. The Morgan fingerprint density at radius 2 is 1.36 bits per heavy atom. The van der Waals surface area contributed by atoms with Crippen molar-refractivity contribution >= 4 is 23.5 Å². The standard InChI is InChI=1S/C35H50N2O5/c1-5-7-8-9-10-11-12-13-14-15-16-17-18-19-20-21-22-28(6-2)33(39)37-31(25-27(3)4)34(40)36-29-23-24-32(38)30(26-29)35(41)42/h7-8,10-11,13-14,16-17,19-20,23-24,26-28,31,38H,5-6,9,12,15,18,21-22,25H2,1-4H3,(H,36,40)(H,37,39)(H,41,42). The summed E-state index contributed by atoms with van der Waals surface area (Å²) < 4.78 is 0. The van der Waals surface area contributed by atoms with E-state index in [9.17, 15) is 24.6 Å². The first-order chi connectivity index (χ1) is 20.2. The number of amides is 2. The Morgan fingerprint density at radius 3 is 1.86 bits per heavy atom. The lowest BCUT2D eigenvalue weighted by molar-refractivity contribution is -0.129. The van der Waals surface area contributed by atoms with Crippen LogP contribution < -0.4 is 10.6 Å². The topological polar surface area (TPSA) is 116 Å². The van der Waals surface area contributed by atoms with Crippen LogP contribution in [0.25, 0.3) is 0 Å². The molecule has 0 fully saturated rings. The number of anilines is 1. The molecule has 0 aromatic heterocycles. The predicted octanol–water partition coefficient (Wildman–Crippen LogP) is 8.12. The van der Waals surface area contributed by atoms with Crippen LogP contribution in [0.5, 0.6) is 5.75 Å². The van der Waals surface area contributed by atoms with E-state index in [-0.39, 0.29) is 34.7 Å². The second kappa shape index (κ2) is 21.8. The number of aromatic hydroxyl groups is 1. The minimum atomic E-state index is -1.30. The Labute approximate surface area is 252 Å². The van der Waals surface area contributed by atoms with Crippen LogP contribution >= 0.6 is 0 Å². The third kappa shape index (κ3) is 15.8. The molecule has 7 heteroatoms. The van der Waals surface area contributed by atoms with Crippen LogP contribution in [0.1, 0.15) is 95.8 Å². The second-order valence-electron chi connectivity index (χ2n) is 10.6. The smallest absolute Gasteiger partial charge is 0.339 e. The lowest BCUT2D eigenvalue weighted by Crippen LogP contribution is -2.46. The molecule has 1 aromatic rings. The van der Waals surface area contributed by atoms with Gasteiger partial charge in [-0.15, -0.1) is 0 Å². The molecule has 4 N–H and O–H groups in total. The summed E-state index contributed by atoms with van der Waals surface area (Å²) in [4.78, 5) is 37.4. The number of carbonyl (C=O) groups is 3. The van der Waals surface area contributed by atoms with E-state index in [1.165, 1.54) is 18.2 Å². The molecule has 230 valence electrons. The average molecular weight is 579 g/mol. The molecule has 2 amide bonds. The first-order valence-electron chi connectivity index (χ1n) is 15.1. The van der Waals surface area contributed by atoms with Gasteiger partial charge in [0.15, 0.2) is 0 Å². The molecule has 0 aliphatic carbocycles. The summed E-state index contributed by atoms with van der Waals surface area (Å²) >= 11 is 0. The van der Waals surface area contributed by atoms with Crippen molar-refractivity contribution < 1.29 is 24.6 Å². The van der Waals surface area contributed by atoms with Crippen LogP contribution in [-0.2, 0) is 9.59 Å². The lowest BCUT2D eigenvalue weighted by atomic mass is 9.97. The maximum atomic E-state index is 13.1. The van der Waals surface area contributed by atoms with Gasteiger partial charge in [-0.05, 0) is 81.9 Å². The molecule has 42 heavy (non-hydrogen) atoms. The highest BCUT2D eigenvalue weighted by molar-refractivity contribution is 5.99. The van der Waals surface area contributed by atoms with Crippen LogP contribution in [0.3, 0.4) is 0 Å². The molecular weight excluding hydrogens is 528 g/mol. The molecule has 0 spiro atoms. The second-order valence-corrected chi connectivity index (χ2v) is 10.6. The van der Waals surface area contributed by atoms with Crippen molar-refractivity contribution in [1.29, 1.82) is 0 Å². The highest BCUT2D eigenvalue weighted by Crippen LogP contribution is 2.22. The van der Waals surface area contributed by atoms with Crippen LogP contribution in [-0.4, -0.2) is 34.0 Å². The zero-order valence-corrected chi connectivity index (χ0v) is 25.7. The number of nitrogens with one attached hydrogen (secondary N) is 2. The van der Waals surface area contributed by atoms with Gasteiger partial charge in [-0.2, -0.15) is 0 Å². The molecule has 0 aliphatic heterocycles. The van der Waals surface area contributed by atoms with Crippen LogP contribution in [0.4, 0.5) is 5.69 Å². The fourth-order valence-corrected chi connectivity index (χ4v) is 4.19. The van der Waals surface area contributed by atoms with E-state index in [4.69, 9.17) is 0 Å². The van der Waals surface area contributed by atoms with Gasteiger partial charge in [0.05, 0.1) is 0 Å². The number of hydrogen-bond acceptors (Lipinski definition) is 4. The van der Waals surface area contributed by atoms with Gasteiger partial charge in [0, 0.05) is 11.6 Å². The summed E-state index contributed by atoms with van der Waals surface area (Å²) in [5.74, 6) is -2.34. The summed E-state index contributed by atoms with van der Waals surface area (Å²) in [5, 5.41) is 24.5. The van der Waals surface area contributed by atoms with Crippen LogP contribution in [0.2, 0.25) is 0 Å². The third-order valence-corrected chi connectivity index (χ3v) is 6.54. The van der Waals surface area contributed by atoms with Crippen molar-refractivity contribution in [3.63, 3.8) is 0 Å². The zero-order chi connectivity index (χ0) is 31.2. The third-order valence-electron chi connectivity index (χ3n) is 6.54. The molecule has 2 unspecified atom stereocenters. The molecule has 0 aliphatic rings. The predicted molar refractivity (Wildman–Crippen MR) is 173 cm³/mol. The van der Waals surface area contributed by atoms with Gasteiger partial charge in [0.1, 0.15) is 17.4 Å². The largest absolute Gasteiger partial charge is 0.507 e. The average Bonchev–Trinajstić information content (AvgIpc) is 2.95. The molecule has 0 saturated heterocycles. The number of rotatable bonds is 20. The number of carboxylic acids is 1. The van der Waals surface area contributed by atoms with E-state index in [2.05, 4.69) is 78.3 Å². The molecule has 0 bridgehead atoms. The number of allylic oxidation sites excluding steroid dienone is 10. The van der Waals surface area contributed by atoms with E-state index < -0.39 is 17.9 Å². The molecule has 0 saturated carbocycles. The number of hydrogen-bond donors (Lipinski definition) is 4. The normalized spacial score (nSPS) is 13.6. The van der Waals surface area contributed by atoms with E-state index in [1.54, 1.807) is 0 Å². The lowest BCUT2D eigenvalue weighted by Gasteiger charge is -2.23. The zero-order valence-electron chi connectivity index (χ0n) is 25.7. The minimum Gasteiger partial charge on any atom is -0.507 e. The van der Waals surface area contributed by atoms with Gasteiger partial charge in [-0.1, -0.05) is 88.5 Å². The maximum absolute atomic E-state index is 13.1. The van der Waals surface area contributed by atoms with E-state index in [0.29, 0.717) is 19.3 Å². The fourth-order valence-electron chi connectivity index (χ4n) is 4.19. The molecule has 2 atom stereocenters. The summed E-state index contributed by atoms with van der Waals surface area (Å²) in [6, 6.07) is 3.08. The fraction of sp³-hybridized carbons (Fsp3) is 0.457. The molecule has 7 nitrogen and oxygen atoms in total. The minimum absolute atomic E-state index is 0.150. The first kappa shape index (κ1) is 36.2. The molecule has 1 rings (SSSR count). The molecule has 0 heterocycles. The monoisotopic (exact) mass is 578 g/mol. The van der Waals surface area contributed by atoms with Crippen molar-refractivity contribution in [3.8, 4) is 5.75 Å². The van der Waals surface area contributed by atoms with Gasteiger partial charge in [-0.25, -0.2) is 4.79 Å². The number of carbonyl (C=O) groups excluding carboxylic acids is 2. The Morgan fingerprint density at radius 1 is 0.810 bits per heavy atom. The Hall–Kier alpha value is -3.87. The number of phenols is 1. The van der Waals surface area contributed by atoms with Crippen molar-refractivity contribution in [2.75, 3.05) is 5.32 Å². The SMILES string of the molecule is CCC=CCC=CCC=CCC=CCC=CCCC(CC)C(=O)NC(CC(C)C)C(=O)Nc1ccc(O)c(C(=O)O)c1. The van der Waals surface area contributed by atoms with E-state index in [0.717, 1.165) is 38.5 Å². The van der Waals surface area contributed by atoms with E-state index in [1.807, 2.05) is 20.8 Å². The maximum Gasteiger partial charge on any atom is 0.339 e. The molecular formula is C35H50N2O5. The summed E-state index contributed by atoms with van der Waals surface area (Å²) in [6.45, 7) is 8.03. The van der Waals surface area contributed by atoms with Crippen molar-refractivity contribution in [2.45, 2.75) is 91.5 Å². The summed E-state index contributed by atoms with van der Waals surface area (Å²) in [6.07, 6.45) is 28.9. The van der Waals surface area contributed by atoms with Gasteiger partial charge in [0.25, 0.3) is 0 Å². The first-order valence-corrected chi connectivity index (χ1v) is 15.1. The Kier molecular flexibility index (Phi) is 18.8. The Bertz CT molecular complexity index is 1110. The van der Waals surface area contributed by atoms with Gasteiger partial charge >= 0.3 is 5.97 Å². The quantitative estimate of drug-likeness (QED) is 0.0921. The summed E-state index contributed by atoms with van der Waals surface area (Å²) in [7, 11) is 0. The van der Waals surface area contributed by atoms with Crippen molar-refractivity contribution in [2.24, 2.45) is 11.8 Å². The van der Waals surface area contributed by atoms with Crippen molar-refractivity contribution in [1.82, 2.24) is 5.32 Å². The van der Waals surface area contributed by atoms with Crippen LogP contribution in [0, 0.1) is 11.8 Å². The Balaban J connectivity index is 2.51. The highest BCUT2D eigenvalue weighted by Gasteiger charge is 2.25. The van der Waals surface area contributed by atoms with Gasteiger partial charge < -0.3 is 20.8 Å².